The van der Waals surface area contributed by atoms with Gasteiger partial charge in [0.15, 0.2) is 5.78 Å². The monoisotopic (exact) mass is 383 g/mol. The van der Waals surface area contributed by atoms with Crippen LogP contribution in [0.5, 0.6) is 0 Å². The Balaban J connectivity index is 1.46. The van der Waals surface area contributed by atoms with Gasteiger partial charge in [-0.1, -0.05) is 0 Å². The van der Waals surface area contributed by atoms with Crippen LogP contribution < -0.4 is 10.2 Å². The summed E-state index contributed by atoms with van der Waals surface area (Å²) in [6.45, 7) is 1.71. The molecule has 1 N–H and O–H groups in total. The third-order valence-electron chi connectivity index (χ3n) is 5.12. The fourth-order valence-corrected chi connectivity index (χ4v) is 3.45. The van der Waals surface area contributed by atoms with Crippen LogP contribution >= 0.6 is 0 Å². The molecule has 1 aliphatic rings. The molecule has 2 aromatic rings. The number of likely N-dealkylation sites (tertiary alicyclic amines) is 1. The molecule has 1 heterocycles. The summed E-state index contributed by atoms with van der Waals surface area (Å²) < 4.78 is 13.0. The van der Waals surface area contributed by atoms with Gasteiger partial charge in [-0.2, -0.15) is 0 Å². The molecule has 1 aliphatic heterocycles. The van der Waals surface area contributed by atoms with Gasteiger partial charge in [0, 0.05) is 37.0 Å². The van der Waals surface area contributed by atoms with Crippen molar-refractivity contribution in [1.82, 2.24) is 4.90 Å². The molecule has 0 spiro atoms. The molecule has 28 heavy (non-hydrogen) atoms. The molecule has 6 heteroatoms. The topological polar surface area (TPSA) is 52.7 Å². The lowest BCUT2D eigenvalue weighted by molar-refractivity contribution is -0.117. The van der Waals surface area contributed by atoms with Gasteiger partial charge in [0.25, 0.3) is 0 Å². The maximum atomic E-state index is 13.0. The van der Waals surface area contributed by atoms with E-state index in [1.165, 1.54) is 12.1 Å². The van der Waals surface area contributed by atoms with Crippen LogP contribution in [0.4, 0.5) is 15.8 Å². The highest BCUT2D eigenvalue weighted by atomic mass is 19.1. The third-order valence-corrected chi connectivity index (χ3v) is 5.12. The number of ketones is 1. The minimum Gasteiger partial charge on any atom is -0.378 e. The number of benzene rings is 2. The molecule has 0 aromatic heterocycles. The molecule has 0 radical (unpaired) electrons. The largest absolute Gasteiger partial charge is 0.378 e. The number of carbonyl (C=O) groups excluding carboxylic acids is 2. The summed E-state index contributed by atoms with van der Waals surface area (Å²) in [4.78, 5) is 28.9. The van der Waals surface area contributed by atoms with Gasteiger partial charge < -0.3 is 10.2 Å². The van der Waals surface area contributed by atoms with Crippen LogP contribution in [0.2, 0.25) is 0 Å². The van der Waals surface area contributed by atoms with E-state index in [1.807, 2.05) is 43.3 Å². The zero-order chi connectivity index (χ0) is 20.1. The maximum Gasteiger partial charge on any atom is 0.238 e. The second kappa shape index (κ2) is 8.97. The van der Waals surface area contributed by atoms with E-state index in [1.54, 1.807) is 12.1 Å². The van der Waals surface area contributed by atoms with Crippen LogP contribution in [0.1, 0.15) is 23.2 Å². The lowest BCUT2D eigenvalue weighted by Crippen LogP contribution is -2.40. The average Bonchev–Trinajstić information content (AvgIpc) is 2.69. The fourth-order valence-electron chi connectivity index (χ4n) is 3.45. The van der Waals surface area contributed by atoms with E-state index in [2.05, 4.69) is 10.2 Å². The Hall–Kier alpha value is -2.73. The average molecular weight is 383 g/mol. The van der Waals surface area contributed by atoms with Crippen LogP contribution in [0.15, 0.2) is 48.5 Å². The number of halogens is 1. The van der Waals surface area contributed by atoms with Crippen molar-refractivity contribution in [1.29, 1.82) is 0 Å². The first-order valence-corrected chi connectivity index (χ1v) is 9.52. The summed E-state index contributed by atoms with van der Waals surface area (Å²) in [5.41, 5.74) is 2.40. The summed E-state index contributed by atoms with van der Waals surface area (Å²) >= 11 is 0. The Morgan fingerprint density at radius 3 is 2.21 bits per heavy atom. The zero-order valence-corrected chi connectivity index (χ0v) is 16.3. The smallest absolute Gasteiger partial charge is 0.238 e. The first-order chi connectivity index (χ1) is 13.4. The van der Waals surface area contributed by atoms with E-state index in [-0.39, 0.29) is 23.4 Å². The first-order valence-electron chi connectivity index (χ1n) is 9.52. The fraction of sp³-hybridized carbons (Fsp3) is 0.364. The predicted octanol–water partition coefficient (Wildman–Crippen LogP) is 3.43. The molecule has 0 unspecified atom stereocenters. The van der Waals surface area contributed by atoms with Gasteiger partial charge in [-0.25, -0.2) is 4.39 Å². The van der Waals surface area contributed by atoms with Crippen LogP contribution in [0.3, 0.4) is 0 Å². The second-order valence-electron chi connectivity index (χ2n) is 7.41. The van der Waals surface area contributed by atoms with Crippen molar-refractivity contribution in [2.24, 2.45) is 5.92 Å². The number of carbonyl (C=O) groups is 2. The Bertz CT molecular complexity index is 811. The number of rotatable bonds is 6. The Kier molecular flexibility index (Phi) is 6.41. The number of nitrogens with zero attached hydrogens (tertiary/aromatic N) is 2. The second-order valence-corrected chi connectivity index (χ2v) is 7.41. The number of Topliss-reactive ketones (excluding diaryl/α,β-unsaturated/α-hetero) is 1. The van der Waals surface area contributed by atoms with Crippen LogP contribution in [-0.4, -0.2) is 50.3 Å². The molecule has 0 aliphatic carbocycles. The Morgan fingerprint density at radius 2 is 1.64 bits per heavy atom. The van der Waals surface area contributed by atoms with Crippen molar-refractivity contribution < 1.29 is 14.0 Å². The molecule has 148 valence electrons. The van der Waals surface area contributed by atoms with E-state index in [0.717, 1.165) is 11.4 Å². The predicted molar refractivity (Wildman–Crippen MR) is 109 cm³/mol. The van der Waals surface area contributed by atoms with Gasteiger partial charge in [0.05, 0.1) is 6.54 Å². The molecule has 0 atom stereocenters. The summed E-state index contributed by atoms with van der Waals surface area (Å²) in [6, 6.07) is 13.4. The Labute approximate surface area is 165 Å². The van der Waals surface area contributed by atoms with Crippen LogP contribution in [0, 0.1) is 11.7 Å². The van der Waals surface area contributed by atoms with Crippen LogP contribution in [0.25, 0.3) is 0 Å². The highest BCUT2D eigenvalue weighted by molar-refractivity contribution is 5.98. The third kappa shape index (κ3) is 5.16. The molecule has 0 saturated carbocycles. The molecule has 2 aromatic carbocycles. The van der Waals surface area contributed by atoms with Gasteiger partial charge >= 0.3 is 0 Å². The molecule has 1 fully saturated rings. The lowest BCUT2D eigenvalue weighted by atomic mass is 9.89. The van der Waals surface area contributed by atoms with Gasteiger partial charge in [0.1, 0.15) is 5.82 Å². The van der Waals surface area contributed by atoms with Crippen molar-refractivity contribution in [3.63, 3.8) is 0 Å². The summed E-state index contributed by atoms with van der Waals surface area (Å²) in [5, 5.41) is 2.92. The number of piperidine rings is 1. The van der Waals surface area contributed by atoms with Gasteiger partial charge in [-0.15, -0.1) is 0 Å². The number of hydrogen-bond acceptors (Lipinski definition) is 4. The summed E-state index contributed by atoms with van der Waals surface area (Å²) in [7, 11) is 3.94. The number of amides is 1. The minimum absolute atomic E-state index is 0.0547. The van der Waals surface area contributed by atoms with E-state index >= 15 is 0 Å². The van der Waals surface area contributed by atoms with Crippen molar-refractivity contribution in [3.05, 3.63) is 59.9 Å². The maximum absolute atomic E-state index is 13.0. The van der Waals surface area contributed by atoms with Crippen molar-refractivity contribution >= 4 is 23.1 Å². The quantitative estimate of drug-likeness (QED) is 0.777. The van der Waals surface area contributed by atoms with Crippen molar-refractivity contribution in [3.8, 4) is 0 Å². The van der Waals surface area contributed by atoms with Gasteiger partial charge in [-0.05, 0) is 74.5 Å². The Morgan fingerprint density at radius 1 is 1.04 bits per heavy atom. The van der Waals surface area contributed by atoms with Crippen molar-refractivity contribution in [2.45, 2.75) is 12.8 Å². The molecule has 1 saturated heterocycles. The van der Waals surface area contributed by atoms with E-state index in [0.29, 0.717) is 38.0 Å². The van der Waals surface area contributed by atoms with E-state index < -0.39 is 0 Å². The molecule has 3 rings (SSSR count). The summed E-state index contributed by atoms with van der Waals surface area (Å²) in [6.07, 6.45) is 1.42. The van der Waals surface area contributed by atoms with E-state index in [4.69, 9.17) is 0 Å². The van der Waals surface area contributed by atoms with E-state index in [9.17, 15) is 14.0 Å². The molecular weight excluding hydrogens is 357 g/mol. The van der Waals surface area contributed by atoms with Gasteiger partial charge in [-0.3, -0.25) is 14.5 Å². The number of anilines is 2. The SMILES string of the molecule is CN(C)c1ccc(NC(=O)CN2CCC(C(=O)c3ccc(F)cc3)CC2)cc1. The normalized spacial score (nSPS) is 15.2. The standard InChI is InChI=1S/C22H26FN3O2/c1-25(2)20-9-7-19(8-10-20)24-21(27)15-26-13-11-17(12-14-26)22(28)16-3-5-18(23)6-4-16/h3-10,17H,11-15H2,1-2H3,(H,24,27). The van der Waals surface area contributed by atoms with Gasteiger partial charge in [0.2, 0.25) is 5.91 Å². The molecule has 5 nitrogen and oxygen atoms in total. The lowest BCUT2D eigenvalue weighted by Gasteiger charge is -2.30. The van der Waals surface area contributed by atoms with Crippen LogP contribution in [-0.2, 0) is 4.79 Å². The highest BCUT2D eigenvalue weighted by Crippen LogP contribution is 2.22. The summed E-state index contributed by atoms with van der Waals surface area (Å²) in [5.74, 6) is -0.400. The number of nitrogens with one attached hydrogen (secondary N) is 1. The minimum atomic E-state index is -0.339. The van der Waals surface area contributed by atoms with Crippen molar-refractivity contribution in [2.75, 3.05) is 43.9 Å². The molecular formula is C22H26FN3O2. The zero-order valence-electron chi connectivity index (χ0n) is 16.3. The molecule has 1 amide bonds. The highest BCUT2D eigenvalue weighted by Gasteiger charge is 2.26. The molecule has 0 bridgehead atoms. The first kappa shape index (κ1) is 20.0. The number of hydrogen-bond donors (Lipinski definition) is 1.